The summed E-state index contributed by atoms with van der Waals surface area (Å²) in [6, 6.07) is 12.5. The molecular weight excluding hydrogens is 376 g/mol. The first-order valence-corrected chi connectivity index (χ1v) is 9.20. The molecule has 1 saturated heterocycles. The molecular formula is C18H17ClN2O4S. The Labute approximate surface area is 160 Å². The second-order valence-corrected chi connectivity index (χ2v) is 7.07. The zero-order chi connectivity index (χ0) is 18.7. The fraction of sp³-hybridized carbons (Fsp3) is 0.222. The minimum atomic E-state index is -0.568. The molecule has 1 aliphatic heterocycles. The van der Waals surface area contributed by atoms with Gasteiger partial charge in [0.15, 0.2) is 18.1 Å². The molecule has 1 heterocycles. The zero-order valence-corrected chi connectivity index (χ0v) is 15.5. The molecule has 6 nitrogen and oxygen atoms in total. The van der Waals surface area contributed by atoms with E-state index >= 15 is 0 Å². The van der Waals surface area contributed by atoms with E-state index in [0.29, 0.717) is 22.3 Å². The van der Waals surface area contributed by atoms with Crippen molar-refractivity contribution in [3.05, 3.63) is 53.1 Å². The van der Waals surface area contributed by atoms with E-state index in [1.165, 1.54) is 18.9 Å². The number of halogens is 1. The van der Waals surface area contributed by atoms with Gasteiger partial charge in [-0.2, -0.15) is 0 Å². The third kappa shape index (κ3) is 3.89. The molecule has 2 aromatic rings. The SMILES string of the molecule is COc1cc([C@@H]2SCC(=O)N2c2ccc(Cl)cc2)ccc1OCC(N)=O. The third-order valence-corrected chi connectivity index (χ3v) is 5.28. The van der Waals surface area contributed by atoms with Gasteiger partial charge in [-0.15, -0.1) is 11.8 Å². The number of amides is 2. The van der Waals surface area contributed by atoms with E-state index in [0.717, 1.165) is 11.3 Å². The summed E-state index contributed by atoms with van der Waals surface area (Å²) in [7, 11) is 1.51. The number of nitrogens with zero attached hydrogens (tertiary/aromatic N) is 1. The highest BCUT2D eigenvalue weighted by atomic mass is 35.5. The van der Waals surface area contributed by atoms with Crippen LogP contribution in [0.3, 0.4) is 0 Å². The third-order valence-electron chi connectivity index (χ3n) is 3.82. The van der Waals surface area contributed by atoms with Crippen molar-refractivity contribution in [3.63, 3.8) is 0 Å². The van der Waals surface area contributed by atoms with E-state index in [1.807, 2.05) is 18.2 Å². The van der Waals surface area contributed by atoms with Crippen molar-refractivity contribution in [2.45, 2.75) is 5.37 Å². The van der Waals surface area contributed by atoms with Crippen LogP contribution in [-0.4, -0.2) is 31.3 Å². The number of methoxy groups -OCH3 is 1. The highest BCUT2D eigenvalue weighted by Crippen LogP contribution is 2.44. The van der Waals surface area contributed by atoms with Crippen molar-refractivity contribution >= 4 is 40.9 Å². The summed E-state index contributed by atoms with van der Waals surface area (Å²) in [4.78, 5) is 25.1. The molecule has 1 aliphatic rings. The summed E-state index contributed by atoms with van der Waals surface area (Å²) in [6.45, 7) is -0.233. The van der Waals surface area contributed by atoms with Gasteiger partial charge in [-0.3, -0.25) is 14.5 Å². The largest absolute Gasteiger partial charge is 0.493 e. The monoisotopic (exact) mass is 392 g/mol. The quantitative estimate of drug-likeness (QED) is 0.817. The number of ether oxygens (including phenoxy) is 2. The minimum Gasteiger partial charge on any atom is -0.493 e. The number of thioether (sulfide) groups is 1. The van der Waals surface area contributed by atoms with E-state index in [9.17, 15) is 9.59 Å². The lowest BCUT2D eigenvalue weighted by Gasteiger charge is -2.25. The maximum atomic E-state index is 12.4. The summed E-state index contributed by atoms with van der Waals surface area (Å²) in [6.07, 6.45) is 0. The number of primary amides is 1. The first kappa shape index (κ1) is 18.4. The van der Waals surface area contributed by atoms with Crippen molar-refractivity contribution in [3.8, 4) is 11.5 Å². The molecule has 0 radical (unpaired) electrons. The van der Waals surface area contributed by atoms with Crippen LogP contribution in [0.15, 0.2) is 42.5 Å². The summed E-state index contributed by atoms with van der Waals surface area (Å²) in [5.41, 5.74) is 6.78. The molecule has 3 rings (SSSR count). The van der Waals surface area contributed by atoms with Crippen molar-refractivity contribution in [2.75, 3.05) is 24.4 Å². The second-order valence-electron chi connectivity index (χ2n) is 5.57. The van der Waals surface area contributed by atoms with E-state index < -0.39 is 5.91 Å². The highest BCUT2D eigenvalue weighted by Gasteiger charge is 2.34. The van der Waals surface area contributed by atoms with Crippen LogP contribution in [-0.2, 0) is 9.59 Å². The Balaban J connectivity index is 1.90. The number of benzene rings is 2. The molecule has 0 saturated carbocycles. The average molecular weight is 393 g/mol. The summed E-state index contributed by atoms with van der Waals surface area (Å²) < 4.78 is 10.7. The second kappa shape index (κ2) is 7.88. The van der Waals surface area contributed by atoms with Gasteiger partial charge in [0.25, 0.3) is 5.91 Å². The molecule has 136 valence electrons. The predicted octanol–water partition coefficient (Wildman–Crippen LogP) is 2.99. The van der Waals surface area contributed by atoms with Crippen LogP contribution in [0.1, 0.15) is 10.9 Å². The Hall–Kier alpha value is -2.38. The molecule has 1 fully saturated rings. The first-order valence-electron chi connectivity index (χ1n) is 7.78. The van der Waals surface area contributed by atoms with Crippen LogP contribution in [0.5, 0.6) is 11.5 Å². The van der Waals surface area contributed by atoms with Gasteiger partial charge in [0.2, 0.25) is 5.91 Å². The number of hydrogen-bond donors (Lipinski definition) is 1. The van der Waals surface area contributed by atoms with Gasteiger partial charge in [0.05, 0.1) is 12.9 Å². The van der Waals surface area contributed by atoms with Gasteiger partial charge in [0.1, 0.15) is 5.37 Å². The Kier molecular flexibility index (Phi) is 5.58. The molecule has 26 heavy (non-hydrogen) atoms. The van der Waals surface area contributed by atoms with Crippen molar-refractivity contribution in [1.29, 1.82) is 0 Å². The van der Waals surface area contributed by atoms with Crippen molar-refractivity contribution in [1.82, 2.24) is 0 Å². The fourth-order valence-corrected chi connectivity index (χ4v) is 3.95. The molecule has 8 heteroatoms. The lowest BCUT2D eigenvalue weighted by atomic mass is 10.1. The number of rotatable bonds is 6. The van der Waals surface area contributed by atoms with E-state index in [4.69, 9.17) is 26.8 Å². The molecule has 0 aromatic heterocycles. The van der Waals surface area contributed by atoms with Crippen LogP contribution in [0, 0.1) is 0 Å². The minimum absolute atomic E-state index is 0.0235. The van der Waals surface area contributed by atoms with Crippen LogP contribution >= 0.6 is 23.4 Å². The number of nitrogens with two attached hydrogens (primary N) is 1. The smallest absolute Gasteiger partial charge is 0.255 e. The molecule has 0 aliphatic carbocycles. The van der Waals surface area contributed by atoms with E-state index in [-0.39, 0.29) is 17.9 Å². The van der Waals surface area contributed by atoms with E-state index in [2.05, 4.69) is 0 Å². The van der Waals surface area contributed by atoms with Gasteiger partial charge in [0, 0.05) is 10.7 Å². The number of carbonyl (C=O) groups excluding carboxylic acids is 2. The molecule has 0 spiro atoms. The topological polar surface area (TPSA) is 81.9 Å². The van der Waals surface area contributed by atoms with Gasteiger partial charge in [-0.05, 0) is 42.0 Å². The van der Waals surface area contributed by atoms with Crippen LogP contribution in [0.25, 0.3) is 0 Å². The van der Waals surface area contributed by atoms with Crippen molar-refractivity contribution < 1.29 is 19.1 Å². The normalized spacial score (nSPS) is 16.6. The summed E-state index contributed by atoms with van der Waals surface area (Å²) in [5.74, 6) is 0.731. The molecule has 0 unspecified atom stereocenters. The maximum Gasteiger partial charge on any atom is 0.255 e. The van der Waals surface area contributed by atoms with Gasteiger partial charge in [-0.1, -0.05) is 17.7 Å². The van der Waals surface area contributed by atoms with Gasteiger partial charge >= 0.3 is 0 Å². The first-order chi connectivity index (χ1) is 12.5. The Bertz CT molecular complexity index is 828. The number of hydrogen-bond acceptors (Lipinski definition) is 5. The highest BCUT2D eigenvalue weighted by molar-refractivity contribution is 8.00. The fourth-order valence-electron chi connectivity index (χ4n) is 2.66. The lowest BCUT2D eigenvalue weighted by Crippen LogP contribution is -2.27. The standard InChI is InChI=1S/C18H17ClN2O4S/c1-24-15-8-11(2-7-14(15)25-9-16(20)22)18-21(17(23)10-26-18)13-5-3-12(19)4-6-13/h2-8,18H,9-10H2,1H3,(H2,20,22)/t18-/m0/s1. The van der Waals surface area contributed by atoms with Crippen LogP contribution in [0.4, 0.5) is 5.69 Å². The Morgan fingerprint density at radius 3 is 2.65 bits per heavy atom. The van der Waals surface area contributed by atoms with E-state index in [1.54, 1.807) is 29.2 Å². The molecule has 2 N–H and O–H groups in total. The molecule has 2 aromatic carbocycles. The van der Waals surface area contributed by atoms with Gasteiger partial charge < -0.3 is 15.2 Å². The summed E-state index contributed by atoms with van der Waals surface area (Å²) >= 11 is 7.47. The summed E-state index contributed by atoms with van der Waals surface area (Å²) in [5, 5.41) is 0.421. The van der Waals surface area contributed by atoms with Crippen LogP contribution < -0.4 is 20.1 Å². The maximum absolute atomic E-state index is 12.4. The Morgan fingerprint density at radius 2 is 2.00 bits per heavy atom. The number of carbonyl (C=O) groups is 2. The van der Waals surface area contributed by atoms with Gasteiger partial charge in [-0.25, -0.2) is 0 Å². The molecule has 1 atom stereocenters. The predicted molar refractivity (Wildman–Crippen MR) is 102 cm³/mol. The Morgan fingerprint density at radius 1 is 1.27 bits per heavy atom. The molecule has 2 amide bonds. The zero-order valence-electron chi connectivity index (χ0n) is 14.0. The average Bonchev–Trinajstić information content (AvgIpc) is 3.02. The lowest BCUT2D eigenvalue weighted by molar-refractivity contribution is -0.120. The molecule has 0 bridgehead atoms. The number of anilines is 1. The van der Waals surface area contributed by atoms with Crippen LogP contribution in [0.2, 0.25) is 5.02 Å². The van der Waals surface area contributed by atoms with Crippen molar-refractivity contribution in [2.24, 2.45) is 5.73 Å².